The first-order chi connectivity index (χ1) is 8.66. The number of carbonyl (C=O) groups is 1. The van der Waals surface area contributed by atoms with E-state index in [1.54, 1.807) is 12.1 Å². The Hall–Kier alpha value is -1.26. The van der Waals surface area contributed by atoms with Gasteiger partial charge in [0.05, 0.1) is 0 Å². The summed E-state index contributed by atoms with van der Waals surface area (Å²) in [5.41, 5.74) is 0.733. The zero-order valence-electron chi connectivity index (χ0n) is 10.4. The number of anilines is 1. The molecule has 1 aromatic rings. The number of hydrogen-bond donors (Lipinski definition) is 2. The number of hydrogen-bond acceptors (Lipinski definition) is 2. The summed E-state index contributed by atoms with van der Waals surface area (Å²) in [5.74, 6) is 0. The fraction of sp³-hybridized carbons (Fsp3) is 0.462. The molecular weight excluding hydrogens is 250 g/mol. The van der Waals surface area contributed by atoms with E-state index in [1.165, 1.54) is 0 Å². The molecule has 0 radical (unpaired) electrons. The minimum Gasteiger partial charge on any atom is -0.321 e. The maximum Gasteiger partial charge on any atom is 0.322 e. The summed E-state index contributed by atoms with van der Waals surface area (Å²) in [6.45, 7) is 4.60. The van der Waals surface area contributed by atoms with Gasteiger partial charge in [-0.3, -0.25) is 0 Å². The van der Waals surface area contributed by atoms with E-state index >= 15 is 0 Å². The van der Waals surface area contributed by atoms with Crippen molar-refractivity contribution in [3.05, 3.63) is 29.3 Å². The number of nitrogens with one attached hydrogen (secondary N) is 2. The molecule has 0 bridgehead atoms. The molecule has 2 rings (SSSR count). The topological polar surface area (TPSA) is 44.4 Å². The van der Waals surface area contributed by atoms with E-state index in [2.05, 4.69) is 17.6 Å². The molecule has 2 N–H and O–H groups in total. The minimum atomic E-state index is -0.0616. The van der Waals surface area contributed by atoms with Gasteiger partial charge in [-0.15, -0.1) is 0 Å². The molecule has 0 saturated carbocycles. The molecule has 1 aliphatic rings. The zero-order chi connectivity index (χ0) is 13.0. The molecular formula is C13H18ClN3O. The van der Waals surface area contributed by atoms with E-state index in [4.69, 9.17) is 11.6 Å². The molecule has 98 valence electrons. The molecule has 0 aliphatic carbocycles. The van der Waals surface area contributed by atoms with Crippen molar-refractivity contribution in [2.45, 2.75) is 19.4 Å². The Morgan fingerprint density at radius 2 is 2.33 bits per heavy atom. The summed E-state index contributed by atoms with van der Waals surface area (Å²) < 4.78 is 0. The minimum absolute atomic E-state index is 0.0616. The van der Waals surface area contributed by atoms with Crippen molar-refractivity contribution in [3.63, 3.8) is 0 Å². The van der Waals surface area contributed by atoms with Crippen molar-refractivity contribution in [1.82, 2.24) is 10.2 Å². The van der Waals surface area contributed by atoms with Crippen LogP contribution in [-0.4, -0.2) is 36.6 Å². The van der Waals surface area contributed by atoms with Gasteiger partial charge in [0.15, 0.2) is 0 Å². The maximum atomic E-state index is 12.2. The summed E-state index contributed by atoms with van der Waals surface area (Å²) in [6, 6.07) is 7.39. The van der Waals surface area contributed by atoms with Gasteiger partial charge in [-0.1, -0.05) is 17.7 Å². The zero-order valence-corrected chi connectivity index (χ0v) is 11.2. The Balaban J connectivity index is 2.02. The first-order valence-electron chi connectivity index (χ1n) is 6.21. The molecule has 1 heterocycles. The first kappa shape index (κ1) is 13.2. The number of rotatable bonds is 1. The van der Waals surface area contributed by atoms with Crippen molar-refractivity contribution in [3.8, 4) is 0 Å². The number of nitrogens with zero attached hydrogens (tertiary/aromatic N) is 1. The van der Waals surface area contributed by atoms with Gasteiger partial charge in [0, 0.05) is 29.8 Å². The van der Waals surface area contributed by atoms with Crippen LogP contribution in [0.1, 0.15) is 13.3 Å². The van der Waals surface area contributed by atoms with Crippen LogP contribution in [0.3, 0.4) is 0 Å². The van der Waals surface area contributed by atoms with Crippen molar-refractivity contribution < 1.29 is 4.79 Å². The standard InChI is InChI=1S/C13H18ClN3O/c1-10-5-6-15-7-8-17(10)13(18)16-12-4-2-3-11(14)9-12/h2-4,9-10,15H,5-8H2,1H3,(H,16,18). The highest BCUT2D eigenvalue weighted by molar-refractivity contribution is 6.30. The molecule has 1 atom stereocenters. The molecule has 18 heavy (non-hydrogen) atoms. The number of halogens is 1. The van der Waals surface area contributed by atoms with Gasteiger partial charge < -0.3 is 15.5 Å². The highest BCUT2D eigenvalue weighted by atomic mass is 35.5. The predicted molar refractivity (Wildman–Crippen MR) is 74.1 cm³/mol. The smallest absolute Gasteiger partial charge is 0.321 e. The predicted octanol–water partition coefficient (Wildman–Crippen LogP) is 2.56. The summed E-state index contributed by atoms with van der Waals surface area (Å²) in [7, 11) is 0. The van der Waals surface area contributed by atoms with Gasteiger partial charge >= 0.3 is 6.03 Å². The number of urea groups is 1. The molecule has 1 saturated heterocycles. The lowest BCUT2D eigenvalue weighted by Crippen LogP contribution is -2.42. The van der Waals surface area contributed by atoms with E-state index < -0.39 is 0 Å². The fourth-order valence-corrected chi connectivity index (χ4v) is 2.27. The summed E-state index contributed by atoms with van der Waals surface area (Å²) in [6.07, 6.45) is 0.975. The van der Waals surface area contributed by atoms with Crippen LogP contribution >= 0.6 is 11.6 Å². The Morgan fingerprint density at radius 1 is 1.50 bits per heavy atom. The molecule has 1 aliphatic heterocycles. The summed E-state index contributed by atoms with van der Waals surface area (Å²) in [4.78, 5) is 14.0. The quantitative estimate of drug-likeness (QED) is 0.821. The van der Waals surface area contributed by atoms with Crippen LogP contribution in [0.25, 0.3) is 0 Å². The molecule has 0 spiro atoms. The largest absolute Gasteiger partial charge is 0.322 e. The molecule has 4 nitrogen and oxygen atoms in total. The Bertz CT molecular complexity index is 424. The third-order valence-electron chi connectivity index (χ3n) is 3.14. The van der Waals surface area contributed by atoms with Crippen LogP contribution in [0.4, 0.5) is 10.5 Å². The average molecular weight is 268 g/mol. The lowest BCUT2D eigenvalue weighted by atomic mass is 10.2. The van der Waals surface area contributed by atoms with Crippen LogP contribution < -0.4 is 10.6 Å². The van der Waals surface area contributed by atoms with Crippen molar-refractivity contribution in [2.24, 2.45) is 0 Å². The number of benzene rings is 1. The fourth-order valence-electron chi connectivity index (χ4n) is 2.07. The van der Waals surface area contributed by atoms with Crippen LogP contribution in [0.2, 0.25) is 5.02 Å². The van der Waals surface area contributed by atoms with Gasteiger partial charge in [-0.05, 0) is 38.1 Å². The van der Waals surface area contributed by atoms with Gasteiger partial charge in [-0.2, -0.15) is 0 Å². The Morgan fingerprint density at radius 3 is 3.11 bits per heavy atom. The summed E-state index contributed by atoms with van der Waals surface area (Å²) in [5, 5.41) is 6.80. The van der Waals surface area contributed by atoms with E-state index in [1.807, 2.05) is 17.0 Å². The molecule has 1 aromatic carbocycles. The second-order valence-corrected chi connectivity index (χ2v) is 4.96. The lowest BCUT2D eigenvalue weighted by Gasteiger charge is -2.26. The highest BCUT2D eigenvalue weighted by Crippen LogP contribution is 2.16. The molecule has 1 unspecified atom stereocenters. The maximum absolute atomic E-state index is 12.2. The van der Waals surface area contributed by atoms with Gasteiger partial charge in [0.1, 0.15) is 0 Å². The number of amides is 2. The van der Waals surface area contributed by atoms with Crippen LogP contribution in [-0.2, 0) is 0 Å². The monoisotopic (exact) mass is 267 g/mol. The van der Waals surface area contributed by atoms with Crippen molar-refractivity contribution in [1.29, 1.82) is 0 Å². The Kier molecular flexibility index (Phi) is 4.44. The van der Waals surface area contributed by atoms with Crippen molar-refractivity contribution >= 4 is 23.3 Å². The Labute approximate surface area is 112 Å². The van der Waals surface area contributed by atoms with Crippen LogP contribution in [0.15, 0.2) is 24.3 Å². The van der Waals surface area contributed by atoms with Crippen LogP contribution in [0.5, 0.6) is 0 Å². The van der Waals surface area contributed by atoms with Gasteiger partial charge in [-0.25, -0.2) is 4.79 Å². The lowest BCUT2D eigenvalue weighted by molar-refractivity contribution is 0.196. The number of carbonyl (C=O) groups excluding carboxylic acids is 1. The van der Waals surface area contributed by atoms with E-state index in [-0.39, 0.29) is 12.1 Å². The third-order valence-corrected chi connectivity index (χ3v) is 3.37. The van der Waals surface area contributed by atoms with Gasteiger partial charge in [0.2, 0.25) is 0 Å². The normalized spacial score (nSPS) is 20.3. The SMILES string of the molecule is CC1CCNCCN1C(=O)Nc1cccc(Cl)c1. The van der Waals surface area contributed by atoms with Crippen LogP contribution in [0, 0.1) is 0 Å². The van der Waals surface area contributed by atoms with E-state index in [9.17, 15) is 4.79 Å². The van der Waals surface area contributed by atoms with E-state index in [0.29, 0.717) is 5.02 Å². The average Bonchev–Trinajstić information content (AvgIpc) is 2.54. The summed E-state index contributed by atoms with van der Waals surface area (Å²) >= 11 is 5.89. The molecule has 2 amide bonds. The highest BCUT2D eigenvalue weighted by Gasteiger charge is 2.21. The molecule has 1 fully saturated rings. The third kappa shape index (κ3) is 3.37. The molecule has 5 heteroatoms. The first-order valence-corrected chi connectivity index (χ1v) is 6.58. The van der Waals surface area contributed by atoms with E-state index in [0.717, 1.165) is 31.7 Å². The van der Waals surface area contributed by atoms with Crippen molar-refractivity contribution in [2.75, 3.05) is 25.0 Å². The molecule has 0 aromatic heterocycles. The second kappa shape index (κ2) is 6.07. The van der Waals surface area contributed by atoms with Gasteiger partial charge in [0.25, 0.3) is 0 Å². The second-order valence-electron chi connectivity index (χ2n) is 4.52.